The van der Waals surface area contributed by atoms with Crippen LogP contribution < -0.4 is 5.32 Å². The second kappa shape index (κ2) is 9.09. The van der Waals surface area contributed by atoms with Gasteiger partial charge in [-0.15, -0.1) is 0 Å². The van der Waals surface area contributed by atoms with Crippen molar-refractivity contribution in [2.24, 2.45) is 0 Å². The van der Waals surface area contributed by atoms with Gasteiger partial charge in [0, 0.05) is 26.7 Å². The average molecular weight is 279 g/mol. The van der Waals surface area contributed by atoms with Gasteiger partial charge in [0.1, 0.15) is 0 Å². The molecule has 1 amide bonds. The molecule has 2 N–H and O–H groups in total. The van der Waals surface area contributed by atoms with Crippen LogP contribution in [0.15, 0.2) is 30.3 Å². The van der Waals surface area contributed by atoms with E-state index in [1.807, 2.05) is 6.07 Å². The zero-order valence-electron chi connectivity index (χ0n) is 11.7. The molecule has 0 aliphatic carbocycles. The Morgan fingerprint density at radius 1 is 1.25 bits per heavy atom. The maximum absolute atomic E-state index is 11.6. The molecule has 0 radical (unpaired) electrons. The molecule has 5 heteroatoms. The number of nitrogens with one attached hydrogen (secondary N) is 1. The van der Waals surface area contributed by atoms with E-state index in [0.717, 1.165) is 12.8 Å². The van der Waals surface area contributed by atoms with E-state index in [0.29, 0.717) is 18.6 Å². The third-order valence-corrected chi connectivity index (χ3v) is 3.01. The lowest BCUT2D eigenvalue weighted by atomic mass is 9.99. The van der Waals surface area contributed by atoms with Crippen LogP contribution in [-0.4, -0.2) is 37.2 Å². The smallest absolute Gasteiger partial charge is 0.312 e. The van der Waals surface area contributed by atoms with E-state index in [4.69, 9.17) is 4.74 Å². The number of carboxylic acids is 1. The number of ether oxygens (including phenoxy) is 1. The van der Waals surface area contributed by atoms with E-state index in [-0.39, 0.29) is 12.5 Å². The Balaban J connectivity index is 2.40. The highest BCUT2D eigenvalue weighted by atomic mass is 16.5. The molecule has 0 heterocycles. The Hall–Kier alpha value is -1.88. The lowest BCUT2D eigenvalue weighted by molar-refractivity contribution is -0.138. The van der Waals surface area contributed by atoms with E-state index in [1.165, 1.54) is 0 Å². The third-order valence-electron chi connectivity index (χ3n) is 3.01. The van der Waals surface area contributed by atoms with Crippen LogP contribution in [0.4, 0.5) is 0 Å². The van der Waals surface area contributed by atoms with Crippen molar-refractivity contribution < 1.29 is 19.4 Å². The van der Waals surface area contributed by atoms with Crippen molar-refractivity contribution in [3.63, 3.8) is 0 Å². The summed E-state index contributed by atoms with van der Waals surface area (Å²) in [6, 6.07) is 8.92. The van der Waals surface area contributed by atoms with E-state index < -0.39 is 11.9 Å². The fourth-order valence-electron chi connectivity index (χ4n) is 1.87. The van der Waals surface area contributed by atoms with Crippen molar-refractivity contribution in [2.75, 3.05) is 20.3 Å². The van der Waals surface area contributed by atoms with Crippen molar-refractivity contribution in [1.82, 2.24) is 5.32 Å². The maximum atomic E-state index is 11.6. The van der Waals surface area contributed by atoms with Gasteiger partial charge in [0.2, 0.25) is 5.91 Å². The second-order valence-electron chi connectivity index (χ2n) is 4.56. The minimum Gasteiger partial charge on any atom is -0.481 e. The van der Waals surface area contributed by atoms with Gasteiger partial charge in [0.05, 0.1) is 5.92 Å². The molecule has 20 heavy (non-hydrogen) atoms. The zero-order chi connectivity index (χ0) is 14.8. The normalized spacial score (nSPS) is 11.8. The minimum absolute atomic E-state index is 0.114. The summed E-state index contributed by atoms with van der Waals surface area (Å²) in [7, 11) is 1.62. The summed E-state index contributed by atoms with van der Waals surface area (Å²) in [6.07, 6.45) is 1.96. The summed E-state index contributed by atoms with van der Waals surface area (Å²) in [5.74, 6) is -1.77. The van der Waals surface area contributed by atoms with Crippen LogP contribution in [-0.2, 0) is 14.3 Å². The van der Waals surface area contributed by atoms with Crippen molar-refractivity contribution in [3.05, 3.63) is 35.9 Å². The zero-order valence-corrected chi connectivity index (χ0v) is 11.7. The molecule has 110 valence electrons. The first kappa shape index (κ1) is 16.2. The van der Waals surface area contributed by atoms with Gasteiger partial charge in [0.15, 0.2) is 0 Å². The van der Waals surface area contributed by atoms with E-state index in [2.05, 4.69) is 5.32 Å². The lowest BCUT2D eigenvalue weighted by Crippen LogP contribution is -2.31. The first-order chi connectivity index (χ1) is 9.65. The molecule has 1 atom stereocenters. The van der Waals surface area contributed by atoms with Gasteiger partial charge in [-0.2, -0.15) is 0 Å². The van der Waals surface area contributed by atoms with Gasteiger partial charge in [-0.05, 0) is 18.4 Å². The third kappa shape index (κ3) is 5.84. The highest BCUT2D eigenvalue weighted by Crippen LogP contribution is 2.14. The van der Waals surface area contributed by atoms with Crippen LogP contribution in [0.5, 0.6) is 0 Å². The second-order valence-corrected chi connectivity index (χ2v) is 4.56. The highest BCUT2D eigenvalue weighted by molar-refractivity contribution is 5.79. The first-order valence-electron chi connectivity index (χ1n) is 6.68. The molecule has 5 nitrogen and oxygen atoms in total. The number of carboxylic acid groups (broad SMARTS) is 1. The van der Waals surface area contributed by atoms with Crippen LogP contribution in [0.1, 0.15) is 30.7 Å². The number of methoxy groups -OCH3 is 1. The van der Waals surface area contributed by atoms with Gasteiger partial charge < -0.3 is 15.2 Å². The fraction of sp³-hybridized carbons (Fsp3) is 0.467. The Morgan fingerprint density at radius 3 is 2.55 bits per heavy atom. The monoisotopic (exact) mass is 279 g/mol. The number of rotatable bonds is 9. The lowest BCUT2D eigenvalue weighted by Gasteiger charge is -2.13. The van der Waals surface area contributed by atoms with Crippen molar-refractivity contribution in [3.8, 4) is 0 Å². The largest absolute Gasteiger partial charge is 0.481 e. The predicted molar refractivity (Wildman–Crippen MR) is 75.6 cm³/mol. The number of hydrogen-bond acceptors (Lipinski definition) is 3. The predicted octanol–water partition coefficient (Wildman–Crippen LogP) is 1.79. The molecule has 0 aliphatic rings. The Bertz CT molecular complexity index is 419. The average Bonchev–Trinajstić information content (AvgIpc) is 2.44. The van der Waals surface area contributed by atoms with Gasteiger partial charge in [-0.25, -0.2) is 0 Å². The van der Waals surface area contributed by atoms with Crippen LogP contribution in [0.25, 0.3) is 0 Å². The molecule has 1 rings (SSSR count). The molecule has 0 saturated carbocycles. The molecule has 1 aromatic rings. The fourth-order valence-corrected chi connectivity index (χ4v) is 1.87. The Labute approximate surface area is 118 Å². The van der Waals surface area contributed by atoms with Crippen LogP contribution in [0.2, 0.25) is 0 Å². The summed E-state index contributed by atoms with van der Waals surface area (Å²) in [5.41, 5.74) is 0.694. The van der Waals surface area contributed by atoms with Crippen molar-refractivity contribution in [1.29, 1.82) is 0 Å². The first-order valence-corrected chi connectivity index (χ1v) is 6.68. The SMILES string of the molecule is COCCCCC(=O)NCC(C(=O)O)c1ccccc1. The molecule has 1 aromatic carbocycles. The number of unbranched alkanes of at least 4 members (excludes halogenated alkanes) is 1. The highest BCUT2D eigenvalue weighted by Gasteiger charge is 2.20. The van der Waals surface area contributed by atoms with Gasteiger partial charge in [0.25, 0.3) is 0 Å². The van der Waals surface area contributed by atoms with Crippen molar-refractivity contribution in [2.45, 2.75) is 25.2 Å². The number of carbonyl (C=O) groups excluding carboxylic acids is 1. The number of amides is 1. The van der Waals surface area contributed by atoms with Crippen LogP contribution in [0, 0.1) is 0 Å². The number of benzene rings is 1. The van der Waals surface area contributed by atoms with Crippen LogP contribution >= 0.6 is 0 Å². The maximum Gasteiger partial charge on any atom is 0.312 e. The standard InChI is InChI=1S/C15H21NO4/c1-20-10-6-5-9-14(17)16-11-13(15(18)19)12-7-3-2-4-8-12/h2-4,7-8,13H,5-6,9-11H2,1H3,(H,16,17)(H,18,19). The summed E-state index contributed by atoms with van der Waals surface area (Å²) < 4.78 is 4.90. The summed E-state index contributed by atoms with van der Waals surface area (Å²) in [6.45, 7) is 0.748. The molecule has 0 saturated heterocycles. The molecule has 0 fully saturated rings. The minimum atomic E-state index is -0.934. The summed E-state index contributed by atoms with van der Waals surface area (Å²) >= 11 is 0. The number of carbonyl (C=O) groups is 2. The summed E-state index contributed by atoms with van der Waals surface area (Å²) in [4.78, 5) is 22.9. The van der Waals surface area contributed by atoms with Gasteiger partial charge >= 0.3 is 5.97 Å². The van der Waals surface area contributed by atoms with Crippen molar-refractivity contribution >= 4 is 11.9 Å². The Morgan fingerprint density at radius 2 is 1.95 bits per heavy atom. The Kier molecular flexibility index (Phi) is 7.35. The van der Waals surface area contributed by atoms with E-state index in [9.17, 15) is 14.7 Å². The topological polar surface area (TPSA) is 75.6 Å². The number of aliphatic carboxylic acids is 1. The van der Waals surface area contributed by atoms with Crippen LogP contribution in [0.3, 0.4) is 0 Å². The van der Waals surface area contributed by atoms with E-state index in [1.54, 1.807) is 31.4 Å². The van der Waals surface area contributed by atoms with Gasteiger partial charge in [-0.3, -0.25) is 9.59 Å². The van der Waals surface area contributed by atoms with Gasteiger partial charge in [-0.1, -0.05) is 30.3 Å². The van der Waals surface area contributed by atoms with E-state index >= 15 is 0 Å². The molecule has 0 bridgehead atoms. The molecule has 1 unspecified atom stereocenters. The molecular formula is C15H21NO4. The number of hydrogen-bond donors (Lipinski definition) is 2. The molecule has 0 aromatic heterocycles. The quantitative estimate of drug-likeness (QED) is 0.676. The summed E-state index contributed by atoms with van der Waals surface area (Å²) in [5, 5.41) is 11.9. The molecule has 0 aliphatic heterocycles. The molecule has 0 spiro atoms. The molecular weight excluding hydrogens is 258 g/mol.